The van der Waals surface area contributed by atoms with E-state index >= 15 is 8.78 Å². The molecule has 0 aromatic carbocycles. The van der Waals surface area contributed by atoms with Gasteiger partial charge in [-0.1, -0.05) is 12.8 Å². The molecule has 3 saturated heterocycles. The molecule has 3 aliphatic heterocycles. The number of halogens is 2. The first-order valence-electron chi connectivity index (χ1n) is 13.6. The second-order valence-electron chi connectivity index (χ2n) is 11.3. The van der Waals surface area contributed by atoms with E-state index in [2.05, 4.69) is 21.0 Å². The lowest BCUT2D eigenvalue weighted by atomic mass is 9.71. The number of piperidine rings is 3. The molecule has 12 heteroatoms. The van der Waals surface area contributed by atoms with E-state index in [1.54, 1.807) is 24.1 Å². The second-order valence-corrected chi connectivity index (χ2v) is 11.3. The van der Waals surface area contributed by atoms with Gasteiger partial charge in [-0.15, -0.1) is 0 Å². The molecule has 0 spiro atoms. The van der Waals surface area contributed by atoms with E-state index in [4.69, 9.17) is 0 Å². The Bertz CT molecular complexity index is 1110. The molecule has 38 heavy (non-hydrogen) atoms. The fourth-order valence-corrected chi connectivity index (χ4v) is 6.36. The van der Waals surface area contributed by atoms with Crippen molar-refractivity contribution in [2.24, 2.45) is 24.8 Å². The molecule has 5 fully saturated rings. The van der Waals surface area contributed by atoms with Crippen molar-refractivity contribution >= 4 is 23.4 Å². The third kappa shape index (κ3) is 5.47. The summed E-state index contributed by atoms with van der Waals surface area (Å²) in [7, 11) is 1.76. The Labute approximate surface area is 220 Å². The summed E-state index contributed by atoms with van der Waals surface area (Å²) in [5.41, 5.74) is 0.648. The second kappa shape index (κ2) is 10.5. The highest BCUT2D eigenvalue weighted by atomic mass is 19.3. The lowest BCUT2D eigenvalue weighted by Gasteiger charge is -2.54. The molecule has 4 heterocycles. The van der Waals surface area contributed by atoms with Crippen LogP contribution in [0.2, 0.25) is 0 Å². The number of alkyl halides is 2. The normalized spacial score (nSPS) is 29.6. The molecule has 2 saturated carbocycles. The third-order valence-electron chi connectivity index (χ3n) is 8.46. The minimum atomic E-state index is -3.09. The van der Waals surface area contributed by atoms with Crippen molar-refractivity contribution in [2.45, 2.75) is 87.9 Å². The Morgan fingerprint density at radius 3 is 2.68 bits per heavy atom. The number of aromatic nitrogens is 2. The maximum atomic E-state index is 15.1. The summed E-state index contributed by atoms with van der Waals surface area (Å²) >= 11 is 0. The number of amides is 3. The van der Waals surface area contributed by atoms with Crippen LogP contribution in [0.4, 0.5) is 14.5 Å². The number of hydrogen-bond acceptors (Lipinski definition) is 6. The Balaban J connectivity index is 1.37. The summed E-state index contributed by atoms with van der Waals surface area (Å²) < 4.78 is 31.8. The van der Waals surface area contributed by atoms with Crippen LogP contribution in [0.5, 0.6) is 0 Å². The number of fused-ring (bicyclic) bond motifs is 3. The number of rotatable bonds is 9. The summed E-state index contributed by atoms with van der Waals surface area (Å²) in [6.07, 6.45) is 7.44. The molecule has 10 nitrogen and oxygen atoms in total. The number of hydrogen-bond donors (Lipinski definition) is 3. The molecule has 1 aromatic heterocycles. The number of carbonyl (C=O) groups excluding carboxylic acids is 3. The van der Waals surface area contributed by atoms with Gasteiger partial charge in [-0.3, -0.25) is 19.1 Å². The molecule has 3 amide bonds. The number of nitrogens with zero attached hydrogens (tertiary/aromatic N) is 4. The summed E-state index contributed by atoms with van der Waals surface area (Å²) in [5.74, 6) is -5.76. The third-order valence-corrected chi connectivity index (χ3v) is 8.46. The monoisotopic (exact) mass is 531 g/mol. The predicted molar refractivity (Wildman–Crippen MR) is 133 cm³/mol. The zero-order valence-electron chi connectivity index (χ0n) is 21.5. The average Bonchev–Trinajstić information content (AvgIpc) is 3.61. The van der Waals surface area contributed by atoms with Crippen LogP contribution in [-0.4, -0.2) is 69.0 Å². The molecule has 1 aromatic rings. The van der Waals surface area contributed by atoms with Crippen molar-refractivity contribution in [2.75, 3.05) is 11.9 Å². The molecular weight excluding hydrogens is 496 g/mol. The summed E-state index contributed by atoms with van der Waals surface area (Å²) in [6.45, 7) is 0.575. The van der Waals surface area contributed by atoms with Gasteiger partial charge in [0, 0.05) is 38.2 Å². The highest BCUT2D eigenvalue weighted by Gasteiger charge is 2.61. The first-order chi connectivity index (χ1) is 18.2. The molecule has 3 N–H and O–H groups in total. The average molecular weight is 532 g/mol. The standard InChI is InChI=1S/C26H35F2N7O3/c1-34-14-18(13-31-34)32-21(9-15-4-5-15)25(38)35-19-6-7-20(26(27,28)11-19)22(35)24(37)33-17(12-29)10-16-3-2-8-30-23(16)36/h13-17,19-22,32H,2-11H2,1H3,(H,30,36)(H,33,37)/t16-,17+,19+,20+,21+,22-/m0/s1. The van der Waals surface area contributed by atoms with Crippen LogP contribution in [-0.2, 0) is 21.4 Å². The summed E-state index contributed by atoms with van der Waals surface area (Å²) in [6, 6.07) is -1.81. The van der Waals surface area contributed by atoms with E-state index in [0.29, 0.717) is 37.4 Å². The lowest BCUT2D eigenvalue weighted by molar-refractivity contribution is -0.194. The fourth-order valence-electron chi connectivity index (χ4n) is 6.36. The van der Waals surface area contributed by atoms with E-state index < -0.39 is 54.3 Å². The largest absolute Gasteiger partial charge is 0.371 e. The maximum Gasteiger partial charge on any atom is 0.255 e. The zero-order valence-corrected chi connectivity index (χ0v) is 21.5. The molecule has 2 aliphatic carbocycles. The van der Waals surface area contributed by atoms with E-state index in [-0.39, 0.29) is 24.7 Å². The highest BCUT2D eigenvalue weighted by Crippen LogP contribution is 2.49. The van der Waals surface area contributed by atoms with Gasteiger partial charge in [0.05, 0.1) is 23.9 Å². The van der Waals surface area contributed by atoms with Gasteiger partial charge in [-0.2, -0.15) is 10.4 Å². The van der Waals surface area contributed by atoms with Crippen LogP contribution in [0.15, 0.2) is 12.4 Å². The van der Waals surface area contributed by atoms with Gasteiger partial charge >= 0.3 is 0 Å². The van der Waals surface area contributed by atoms with Crippen LogP contribution in [0.3, 0.4) is 0 Å². The smallest absolute Gasteiger partial charge is 0.255 e. The van der Waals surface area contributed by atoms with Gasteiger partial charge in [0.25, 0.3) is 5.92 Å². The van der Waals surface area contributed by atoms with Crippen LogP contribution in [0, 0.1) is 29.1 Å². The molecule has 0 unspecified atom stereocenters. The fraction of sp³-hybridized carbons (Fsp3) is 0.731. The molecule has 6 atom stereocenters. The maximum absolute atomic E-state index is 15.1. The number of aryl methyl sites for hydroxylation is 1. The zero-order chi connectivity index (χ0) is 27.0. The van der Waals surface area contributed by atoms with Crippen LogP contribution in [0.1, 0.15) is 57.8 Å². The summed E-state index contributed by atoms with van der Waals surface area (Å²) in [5, 5.41) is 22.5. The predicted octanol–water partition coefficient (Wildman–Crippen LogP) is 1.94. The van der Waals surface area contributed by atoms with E-state index in [1.807, 2.05) is 6.07 Å². The molecule has 5 aliphatic rings. The van der Waals surface area contributed by atoms with Crippen molar-refractivity contribution in [3.8, 4) is 6.07 Å². The quantitative estimate of drug-likeness (QED) is 0.446. The van der Waals surface area contributed by atoms with Crippen LogP contribution >= 0.6 is 0 Å². The minimum Gasteiger partial charge on any atom is -0.371 e. The van der Waals surface area contributed by atoms with Gasteiger partial charge in [-0.25, -0.2) is 8.78 Å². The first kappa shape index (κ1) is 26.4. The van der Waals surface area contributed by atoms with E-state index in [9.17, 15) is 19.6 Å². The molecule has 206 valence electrons. The molecular formula is C26H35F2N7O3. The molecule has 6 rings (SSSR count). The van der Waals surface area contributed by atoms with Crippen molar-refractivity contribution in [3.63, 3.8) is 0 Å². The Hall–Kier alpha value is -3.23. The van der Waals surface area contributed by atoms with Crippen LogP contribution < -0.4 is 16.0 Å². The van der Waals surface area contributed by atoms with Gasteiger partial charge in [0.2, 0.25) is 17.7 Å². The Morgan fingerprint density at radius 2 is 2.05 bits per heavy atom. The number of carbonyl (C=O) groups is 3. The van der Waals surface area contributed by atoms with Crippen molar-refractivity contribution < 1.29 is 23.2 Å². The SMILES string of the molecule is Cn1cc(N[C@H](CC2CC2)C(=O)N2[C@@H]3CC[C@H]([C@H]2C(=O)N[C@@H](C#N)C[C@@H]2CCCNC2=O)C(F)(F)C3)cn1. The van der Waals surface area contributed by atoms with E-state index in [1.165, 1.54) is 4.90 Å². The van der Waals surface area contributed by atoms with Crippen LogP contribution in [0.25, 0.3) is 0 Å². The van der Waals surface area contributed by atoms with Crippen molar-refractivity contribution in [1.82, 2.24) is 25.3 Å². The first-order valence-corrected chi connectivity index (χ1v) is 13.6. The number of nitriles is 1. The minimum absolute atomic E-state index is 0.103. The van der Waals surface area contributed by atoms with Gasteiger partial charge in [0.15, 0.2) is 0 Å². The lowest BCUT2D eigenvalue weighted by Crippen LogP contribution is -2.70. The van der Waals surface area contributed by atoms with Gasteiger partial charge in [0.1, 0.15) is 18.1 Å². The highest BCUT2D eigenvalue weighted by molar-refractivity contribution is 5.92. The van der Waals surface area contributed by atoms with Crippen molar-refractivity contribution in [3.05, 3.63) is 12.4 Å². The summed E-state index contributed by atoms with van der Waals surface area (Å²) in [4.78, 5) is 41.1. The van der Waals surface area contributed by atoms with Gasteiger partial charge in [-0.05, 0) is 44.4 Å². The number of nitrogens with one attached hydrogen (secondary N) is 3. The number of anilines is 1. The van der Waals surface area contributed by atoms with Gasteiger partial charge < -0.3 is 20.9 Å². The van der Waals surface area contributed by atoms with Crippen molar-refractivity contribution in [1.29, 1.82) is 5.26 Å². The Morgan fingerprint density at radius 1 is 1.26 bits per heavy atom. The van der Waals surface area contributed by atoms with E-state index in [0.717, 1.165) is 19.3 Å². The topological polar surface area (TPSA) is 132 Å². The molecule has 0 radical (unpaired) electrons. The molecule has 2 bridgehead atoms. The Kier molecular flexibility index (Phi) is 7.29.